The average Bonchev–Trinajstić information content (AvgIpc) is 2.53. The van der Waals surface area contributed by atoms with Gasteiger partial charge >= 0.3 is 11.8 Å². The van der Waals surface area contributed by atoms with Gasteiger partial charge in [-0.25, -0.2) is 15.0 Å². The van der Waals surface area contributed by atoms with Crippen LogP contribution in [0.15, 0.2) is 4.79 Å². The number of rotatable bonds is 5. The molecule has 16 heavy (non-hydrogen) atoms. The molecule has 0 unspecified atom stereocenters. The molecular weight excluding hydrogens is 216 g/mol. The lowest BCUT2D eigenvalue weighted by molar-refractivity contribution is 0.147. The SMILES string of the molecule is CCOC(=O)NNCCc1[nH]c(=O)[nH]c1O. The Hall–Kier alpha value is -1.96. The Balaban J connectivity index is 2.23. The second-order valence-corrected chi connectivity index (χ2v) is 2.93. The minimum Gasteiger partial charge on any atom is -0.493 e. The van der Waals surface area contributed by atoms with Crippen LogP contribution >= 0.6 is 0 Å². The number of nitrogens with one attached hydrogen (secondary N) is 4. The number of imidazole rings is 1. The van der Waals surface area contributed by atoms with E-state index in [4.69, 9.17) is 0 Å². The molecule has 90 valence electrons. The van der Waals surface area contributed by atoms with Crippen LogP contribution < -0.4 is 16.5 Å². The third-order valence-corrected chi connectivity index (χ3v) is 1.75. The van der Waals surface area contributed by atoms with E-state index in [9.17, 15) is 14.7 Å². The number of hydrazine groups is 1. The predicted molar refractivity (Wildman–Crippen MR) is 54.9 cm³/mol. The van der Waals surface area contributed by atoms with Crippen LogP contribution in [0.3, 0.4) is 0 Å². The number of carbonyl (C=O) groups is 1. The smallest absolute Gasteiger partial charge is 0.421 e. The molecule has 0 aliphatic rings. The van der Waals surface area contributed by atoms with E-state index >= 15 is 0 Å². The molecule has 0 saturated heterocycles. The van der Waals surface area contributed by atoms with Crippen LogP contribution in [0.1, 0.15) is 12.6 Å². The van der Waals surface area contributed by atoms with Crippen LogP contribution in [-0.4, -0.2) is 34.3 Å². The second kappa shape index (κ2) is 5.81. The summed E-state index contributed by atoms with van der Waals surface area (Å²) in [6.45, 7) is 2.34. The number of hydrogen-bond donors (Lipinski definition) is 5. The molecule has 1 amide bonds. The molecule has 8 nitrogen and oxygen atoms in total. The Kier molecular flexibility index (Phi) is 4.40. The molecule has 0 saturated carbocycles. The van der Waals surface area contributed by atoms with Crippen molar-refractivity contribution < 1.29 is 14.6 Å². The zero-order valence-electron chi connectivity index (χ0n) is 8.79. The Bertz CT molecular complexity index is 397. The molecule has 0 spiro atoms. The molecule has 0 bridgehead atoms. The number of hydrogen-bond acceptors (Lipinski definition) is 5. The van der Waals surface area contributed by atoms with E-state index in [-0.39, 0.29) is 5.88 Å². The molecule has 0 aliphatic carbocycles. The second-order valence-electron chi connectivity index (χ2n) is 2.93. The largest absolute Gasteiger partial charge is 0.493 e. The molecule has 8 heteroatoms. The van der Waals surface area contributed by atoms with Crippen molar-refractivity contribution >= 4 is 6.09 Å². The van der Waals surface area contributed by atoms with Crippen LogP contribution in [0.4, 0.5) is 4.79 Å². The molecule has 0 radical (unpaired) electrons. The lowest BCUT2D eigenvalue weighted by Crippen LogP contribution is -2.38. The van der Waals surface area contributed by atoms with E-state index in [0.29, 0.717) is 25.3 Å². The molecule has 1 rings (SSSR count). The maximum Gasteiger partial charge on any atom is 0.421 e. The zero-order valence-corrected chi connectivity index (χ0v) is 8.79. The van der Waals surface area contributed by atoms with Gasteiger partial charge < -0.3 is 14.8 Å². The molecule has 0 fully saturated rings. The standard InChI is InChI=1S/C8H14N4O4/c1-2-16-8(15)12-9-4-3-5-6(13)11-7(14)10-5/h9,13H,2-4H2,1H3,(H,12,15)(H2,10,11,14). The number of carbonyl (C=O) groups excluding carboxylic acids is 1. The van der Waals surface area contributed by atoms with E-state index in [1.54, 1.807) is 6.92 Å². The van der Waals surface area contributed by atoms with Crippen LogP contribution in [0.2, 0.25) is 0 Å². The maximum atomic E-state index is 10.8. The highest BCUT2D eigenvalue weighted by Gasteiger charge is 2.05. The summed E-state index contributed by atoms with van der Waals surface area (Å²) in [5, 5.41) is 9.20. The van der Waals surface area contributed by atoms with Crippen molar-refractivity contribution in [1.29, 1.82) is 0 Å². The molecule has 1 heterocycles. The summed E-state index contributed by atoms with van der Waals surface area (Å²) in [4.78, 5) is 26.2. The first-order valence-electron chi connectivity index (χ1n) is 4.79. The molecule has 0 aliphatic heterocycles. The van der Waals surface area contributed by atoms with Gasteiger partial charge in [0.05, 0.1) is 12.3 Å². The first-order chi connectivity index (χ1) is 7.63. The first kappa shape index (κ1) is 12.1. The van der Waals surface area contributed by atoms with Crippen molar-refractivity contribution in [2.45, 2.75) is 13.3 Å². The number of amides is 1. The first-order valence-corrected chi connectivity index (χ1v) is 4.79. The lowest BCUT2D eigenvalue weighted by atomic mass is 10.3. The summed E-state index contributed by atoms with van der Waals surface area (Å²) < 4.78 is 4.60. The van der Waals surface area contributed by atoms with Gasteiger partial charge in [0, 0.05) is 13.0 Å². The maximum absolute atomic E-state index is 10.8. The van der Waals surface area contributed by atoms with Gasteiger partial charge in [0.15, 0.2) is 0 Å². The molecule has 0 aromatic carbocycles. The third-order valence-electron chi connectivity index (χ3n) is 1.75. The van der Waals surface area contributed by atoms with Crippen molar-refractivity contribution in [3.8, 4) is 5.88 Å². The number of ether oxygens (including phenoxy) is 1. The monoisotopic (exact) mass is 230 g/mol. The normalized spacial score (nSPS) is 10.1. The average molecular weight is 230 g/mol. The van der Waals surface area contributed by atoms with E-state index in [1.165, 1.54) is 0 Å². The summed E-state index contributed by atoms with van der Waals surface area (Å²) in [6, 6.07) is 0. The zero-order chi connectivity index (χ0) is 12.0. The van der Waals surface area contributed by atoms with Gasteiger partial charge in [-0.15, -0.1) is 0 Å². The Labute approximate surface area is 91.0 Å². The summed E-state index contributed by atoms with van der Waals surface area (Å²) >= 11 is 0. The Morgan fingerprint density at radius 1 is 1.50 bits per heavy atom. The minimum atomic E-state index is -0.575. The fourth-order valence-corrected chi connectivity index (χ4v) is 1.08. The summed E-state index contributed by atoms with van der Waals surface area (Å²) in [5.41, 5.74) is 4.78. The van der Waals surface area contributed by atoms with Gasteiger partial charge in [0.1, 0.15) is 0 Å². The summed E-state index contributed by atoms with van der Waals surface area (Å²) in [6.07, 6.45) is -0.217. The minimum absolute atomic E-state index is 0.192. The quantitative estimate of drug-likeness (QED) is 0.335. The number of aromatic hydroxyl groups is 1. The van der Waals surface area contributed by atoms with E-state index in [0.717, 1.165) is 0 Å². The van der Waals surface area contributed by atoms with E-state index in [1.807, 2.05) is 0 Å². The number of H-pyrrole nitrogens is 2. The summed E-state index contributed by atoms with van der Waals surface area (Å²) in [5.74, 6) is -0.192. The van der Waals surface area contributed by atoms with Gasteiger partial charge in [-0.3, -0.25) is 10.4 Å². The van der Waals surface area contributed by atoms with Gasteiger partial charge in [0.2, 0.25) is 5.88 Å². The van der Waals surface area contributed by atoms with Gasteiger partial charge in [-0.2, -0.15) is 0 Å². The molecule has 0 atom stereocenters. The highest BCUT2D eigenvalue weighted by atomic mass is 16.5. The predicted octanol–water partition coefficient (Wildman–Crippen LogP) is -0.798. The van der Waals surface area contributed by atoms with Crippen molar-refractivity contribution in [3.05, 3.63) is 16.2 Å². The van der Waals surface area contributed by atoms with Crippen LogP contribution in [0.5, 0.6) is 5.88 Å². The van der Waals surface area contributed by atoms with Gasteiger partial charge in [-0.05, 0) is 6.92 Å². The van der Waals surface area contributed by atoms with Gasteiger partial charge in [-0.1, -0.05) is 0 Å². The number of aromatic nitrogens is 2. The Morgan fingerprint density at radius 2 is 2.25 bits per heavy atom. The summed E-state index contributed by atoms with van der Waals surface area (Å²) in [7, 11) is 0. The third kappa shape index (κ3) is 3.65. The van der Waals surface area contributed by atoms with Crippen LogP contribution in [0, 0.1) is 0 Å². The highest BCUT2D eigenvalue weighted by Crippen LogP contribution is 2.06. The lowest BCUT2D eigenvalue weighted by Gasteiger charge is -2.05. The van der Waals surface area contributed by atoms with Crippen molar-refractivity contribution in [2.75, 3.05) is 13.2 Å². The van der Waals surface area contributed by atoms with E-state index in [2.05, 4.69) is 25.6 Å². The number of aromatic amines is 2. The molecule has 5 N–H and O–H groups in total. The topological polar surface area (TPSA) is 119 Å². The highest BCUT2D eigenvalue weighted by molar-refractivity contribution is 5.66. The van der Waals surface area contributed by atoms with Gasteiger partial charge in [0.25, 0.3) is 0 Å². The molecule has 1 aromatic rings. The van der Waals surface area contributed by atoms with Crippen LogP contribution in [-0.2, 0) is 11.2 Å². The fraction of sp³-hybridized carbons (Fsp3) is 0.500. The van der Waals surface area contributed by atoms with Crippen molar-refractivity contribution in [3.63, 3.8) is 0 Å². The van der Waals surface area contributed by atoms with Crippen molar-refractivity contribution in [2.24, 2.45) is 0 Å². The van der Waals surface area contributed by atoms with E-state index < -0.39 is 11.8 Å². The van der Waals surface area contributed by atoms with Crippen LogP contribution in [0.25, 0.3) is 0 Å². The Morgan fingerprint density at radius 3 is 2.81 bits per heavy atom. The van der Waals surface area contributed by atoms with Crippen molar-refractivity contribution in [1.82, 2.24) is 20.8 Å². The molecule has 1 aromatic heterocycles. The fourth-order valence-electron chi connectivity index (χ4n) is 1.08. The molecular formula is C8H14N4O4.